The maximum Gasteiger partial charge on any atom is 0.305 e. The second-order valence-corrected chi connectivity index (χ2v) is 3.68. The molecule has 0 heterocycles. The molecule has 0 aliphatic rings. The third kappa shape index (κ3) is 8.97. The van der Waals surface area contributed by atoms with Crippen molar-refractivity contribution in [3.63, 3.8) is 0 Å². The number of carbonyl (C=O) groups is 3. The van der Waals surface area contributed by atoms with E-state index in [4.69, 9.17) is 15.2 Å². The van der Waals surface area contributed by atoms with E-state index in [1.807, 2.05) is 0 Å². The molecule has 0 aliphatic heterocycles. The van der Waals surface area contributed by atoms with Gasteiger partial charge in [0.1, 0.15) is 12.6 Å². The molecule has 0 aromatic heterocycles. The van der Waals surface area contributed by atoms with Crippen molar-refractivity contribution >= 4 is 17.8 Å². The first-order chi connectivity index (χ1) is 9.01. The van der Waals surface area contributed by atoms with Gasteiger partial charge in [0.2, 0.25) is 11.8 Å². The molecule has 0 aliphatic carbocycles. The van der Waals surface area contributed by atoms with Gasteiger partial charge in [-0.05, 0) is 6.42 Å². The standard InChI is InChI=1S/C11H20N2O6/c1-17-5-6-19-7-9(14)13-8(11(12)16)3-4-10(15)18-2/h8H,3-7H2,1-2H3,(H2,12,16)(H,13,14)/t8-/m0/s1. The Morgan fingerprint density at radius 2 is 1.89 bits per heavy atom. The number of hydrogen-bond donors (Lipinski definition) is 2. The van der Waals surface area contributed by atoms with Crippen LogP contribution in [0, 0.1) is 0 Å². The molecule has 0 bridgehead atoms. The normalized spacial score (nSPS) is 11.7. The van der Waals surface area contributed by atoms with E-state index in [-0.39, 0.29) is 26.1 Å². The molecule has 0 fully saturated rings. The van der Waals surface area contributed by atoms with Crippen molar-refractivity contribution in [3.8, 4) is 0 Å². The van der Waals surface area contributed by atoms with Gasteiger partial charge in [0.15, 0.2) is 0 Å². The highest BCUT2D eigenvalue weighted by atomic mass is 16.5. The molecule has 3 N–H and O–H groups in total. The second-order valence-electron chi connectivity index (χ2n) is 3.68. The fraction of sp³-hybridized carbons (Fsp3) is 0.727. The molecule has 8 nitrogen and oxygen atoms in total. The molecule has 0 saturated carbocycles. The van der Waals surface area contributed by atoms with E-state index >= 15 is 0 Å². The number of nitrogens with one attached hydrogen (secondary N) is 1. The maximum atomic E-state index is 11.4. The number of amides is 2. The summed E-state index contributed by atoms with van der Waals surface area (Å²) in [5, 5.41) is 2.39. The number of methoxy groups -OCH3 is 2. The number of hydrogen-bond acceptors (Lipinski definition) is 6. The largest absolute Gasteiger partial charge is 0.469 e. The average molecular weight is 276 g/mol. The highest BCUT2D eigenvalue weighted by Gasteiger charge is 2.19. The molecule has 0 rings (SSSR count). The summed E-state index contributed by atoms with van der Waals surface area (Å²) >= 11 is 0. The molecule has 0 saturated heterocycles. The Morgan fingerprint density at radius 3 is 2.42 bits per heavy atom. The lowest BCUT2D eigenvalue weighted by Gasteiger charge is -2.14. The van der Waals surface area contributed by atoms with Gasteiger partial charge in [0, 0.05) is 13.5 Å². The molecule has 8 heteroatoms. The minimum atomic E-state index is -0.919. The Hall–Kier alpha value is -1.67. The summed E-state index contributed by atoms with van der Waals surface area (Å²) in [4.78, 5) is 33.5. The Labute approximate surface area is 111 Å². The summed E-state index contributed by atoms with van der Waals surface area (Å²) < 4.78 is 14.2. The third-order valence-electron chi connectivity index (χ3n) is 2.21. The Kier molecular flexibility index (Phi) is 9.37. The zero-order chi connectivity index (χ0) is 14.7. The minimum Gasteiger partial charge on any atom is -0.469 e. The molecule has 0 aromatic carbocycles. The molecule has 0 spiro atoms. The minimum absolute atomic E-state index is 0.00504. The first kappa shape index (κ1) is 17.3. The fourth-order valence-electron chi connectivity index (χ4n) is 1.19. The summed E-state index contributed by atoms with van der Waals surface area (Å²) in [5.74, 6) is -1.67. The maximum absolute atomic E-state index is 11.4. The molecular formula is C11H20N2O6. The van der Waals surface area contributed by atoms with Crippen LogP contribution in [-0.4, -0.2) is 57.9 Å². The number of ether oxygens (including phenoxy) is 3. The van der Waals surface area contributed by atoms with Gasteiger partial charge < -0.3 is 25.3 Å². The Bertz CT molecular complexity index is 308. The van der Waals surface area contributed by atoms with Gasteiger partial charge in [-0.1, -0.05) is 0 Å². The van der Waals surface area contributed by atoms with Gasteiger partial charge in [0.25, 0.3) is 0 Å². The quantitative estimate of drug-likeness (QED) is 0.373. The number of esters is 1. The van der Waals surface area contributed by atoms with Crippen molar-refractivity contribution in [2.45, 2.75) is 18.9 Å². The van der Waals surface area contributed by atoms with Crippen LogP contribution in [-0.2, 0) is 28.6 Å². The lowest BCUT2D eigenvalue weighted by Crippen LogP contribution is -2.46. The number of nitrogens with two attached hydrogens (primary N) is 1. The molecule has 0 unspecified atom stereocenters. The van der Waals surface area contributed by atoms with E-state index in [9.17, 15) is 14.4 Å². The highest BCUT2D eigenvalue weighted by Crippen LogP contribution is 1.98. The van der Waals surface area contributed by atoms with Crippen molar-refractivity contribution in [2.24, 2.45) is 5.73 Å². The molecule has 0 radical (unpaired) electrons. The highest BCUT2D eigenvalue weighted by molar-refractivity contribution is 5.87. The molecular weight excluding hydrogens is 256 g/mol. The van der Waals surface area contributed by atoms with Crippen LogP contribution < -0.4 is 11.1 Å². The summed E-state index contributed by atoms with van der Waals surface area (Å²) in [7, 11) is 2.75. The van der Waals surface area contributed by atoms with E-state index < -0.39 is 23.8 Å². The topological polar surface area (TPSA) is 117 Å². The van der Waals surface area contributed by atoms with E-state index in [2.05, 4.69) is 10.1 Å². The monoisotopic (exact) mass is 276 g/mol. The zero-order valence-corrected chi connectivity index (χ0v) is 11.1. The van der Waals surface area contributed by atoms with E-state index in [0.29, 0.717) is 6.61 Å². The van der Waals surface area contributed by atoms with Crippen LogP contribution >= 0.6 is 0 Å². The number of carbonyl (C=O) groups excluding carboxylic acids is 3. The Morgan fingerprint density at radius 1 is 1.21 bits per heavy atom. The summed E-state index contributed by atoms with van der Waals surface area (Å²) in [6.07, 6.45) is 0.0841. The zero-order valence-electron chi connectivity index (χ0n) is 11.1. The summed E-state index contributed by atoms with van der Waals surface area (Å²) in [5.41, 5.74) is 5.12. The average Bonchev–Trinajstić information content (AvgIpc) is 2.38. The number of rotatable bonds is 10. The van der Waals surface area contributed by atoms with Crippen molar-refractivity contribution < 1.29 is 28.6 Å². The van der Waals surface area contributed by atoms with Gasteiger partial charge in [-0.3, -0.25) is 14.4 Å². The van der Waals surface area contributed by atoms with Crippen molar-refractivity contribution in [1.29, 1.82) is 0 Å². The van der Waals surface area contributed by atoms with Gasteiger partial charge >= 0.3 is 5.97 Å². The van der Waals surface area contributed by atoms with Gasteiger partial charge in [-0.15, -0.1) is 0 Å². The molecule has 110 valence electrons. The van der Waals surface area contributed by atoms with Crippen LogP contribution in [0.5, 0.6) is 0 Å². The Balaban J connectivity index is 4.01. The smallest absolute Gasteiger partial charge is 0.305 e. The first-order valence-corrected chi connectivity index (χ1v) is 5.73. The summed E-state index contributed by atoms with van der Waals surface area (Å²) in [6, 6.07) is -0.919. The van der Waals surface area contributed by atoms with E-state index in [1.165, 1.54) is 14.2 Å². The fourth-order valence-corrected chi connectivity index (χ4v) is 1.19. The molecule has 1 atom stereocenters. The lowest BCUT2D eigenvalue weighted by atomic mass is 10.1. The molecule has 2 amide bonds. The van der Waals surface area contributed by atoms with Gasteiger partial charge in [-0.2, -0.15) is 0 Å². The lowest BCUT2D eigenvalue weighted by molar-refractivity contribution is -0.141. The first-order valence-electron chi connectivity index (χ1n) is 5.73. The van der Waals surface area contributed by atoms with Gasteiger partial charge in [0.05, 0.1) is 20.3 Å². The van der Waals surface area contributed by atoms with Crippen LogP contribution in [0.3, 0.4) is 0 Å². The summed E-state index contributed by atoms with van der Waals surface area (Å²) in [6.45, 7) is 0.438. The van der Waals surface area contributed by atoms with Crippen molar-refractivity contribution in [2.75, 3.05) is 34.0 Å². The van der Waals surface area contributed by atoms with Crippen LogP contribution in [0.25, 0.3) is 0 Å². The van der Waals surface area contributed by atoms with Gasteiger partial charge in [-0.25, -0.2) is 0 Å². The molecule has 19 heavy (non-hydrogen) atoms. The van der Waals surface area contributed by atoms with Crippen molar-refractivity contribution in [1.82, 2.24) is 5.32 Å². The van der Waals surface area contributed by atoms with Crippen LogP contribution in [0.15, 0.2) is 0 Å². The van der Waals surface area contributed by atoms with Crippen LogP contribution in [0.4, 0.5) is 0 Å². The number of primary amides is 1. The van der Waals surface area contributed by atoms with Crippen LogP contribution in [0.2, 0.25) is 0 Å². The second kappa shape index (κ2) is 10.3. The van der Waals surface area contributed by atoms with Crippen LogP contribution in [0.1, 0.15) is 12.8 Å². The predicted molar refractivity (Wildman–Crippen MR) is 65.1 cm³/mol. The van der Waals surface area contributed by atoms with E-state index in [1.54, 1.807) is 0 Å². The SMILES string of the molecule is COCCOCC(=O)N[C@@H](CCC(=O)OC)C(N)=O. The van der Waals surface area contributed by atoms with E-state index in [0.717, 1.165) is 0 Å². The predicted octanol–water partition coefficient (Wildman–Crippen LogP) is -1.43. The molecule has 0 aromatic rings. The van der Waals surface area contributed by atoms with Crippen molar-refractivity contribution in [3.05, 3.63) is 0 Å². The third-order valence-corrected chi connectivity index (χ3v) is 2.21.